The van der Waals surface area contributed by atoms with Crippen LogP contribution in [0, 0.1) is 6.92 Å². The standard InChI is InChI=1S/C10H15NO.C2H6/c1-4-9-5-10(7-12-3)8(2)11-6-9;1-2/h5-6H,4,7H2,1-3H3;1-2H3. The number of hydrogen-bond donors (Lipinski definition) is 0. The molecule has 0 amide bonds. The van der Waals surface area contributed by atoms with E-state index in [-0.39, 0.29) is 0 Å². The summed E-state index contributed by atoms with van der Waals surface area (Å²) in [6.45, 7) is 8.80. The summed E-state index contributed by atoms with van der Waals surface area (Å²) in [5.74, 6) is 0. The predicted octanol–water partition coefficient (Wildman–Crippen LogP) is 3.13. The Bertz CT molecular complexity index is 258. The maximum atomic E-state index is 5.07. The van der Waals surface area contributed by atoms with Crippen LogP contribution in [0.1, 0.15) is 37.6 Å². The first-order valence-electron chi connectivity index (χ1n) is 5.21. The molecule has 1 aromatic rings. The van der Waals surface area contributed by atoms with Gasteiger partial charge in [0.05, 0.1) is 6.61 Å². The average Bonchev–Trinajstić information content (AvgIpc) is 2.24. The van der Waals surface area contributed by atoms with Gasteiger partial charge in [0.15, 0.2) is 0 Å². The van der Waals surface area contributed by atoms with Gasteiger partial charge in [0.1, 0.15) is 0 Å². The molecule has 2 heteroatoms. The second kappa shape index (κ2) is 7.51. The van der Waals surface area contributed by atoms with E-state index >= 15 is 0 Å². The van der Waals surface area contributed by atoms with Crippen LogP contribution >= 0.6 is 0 Å². The van der Waals surface area contributed by atoms with Crippen molar-refractivity contribution in [1.29, 1.82) is 0 Å². The minimum atomic E-state index is 0.659. The summed E-state index contributed by atoms with van der Waals surface area (Å²) in [7, 11) is 1.71. The van der Waals surface area contributed by atoms with Gasteiger partial charge in [-0.15, -0.1) is 0 Å². The second-order valence-electron chi connectivity index (χ2n) is 2.87. The molecule has 0 unspecified atom stereocenters. The molecule has 0 spiro atoms. The predicted molar refractivity (Wildman–Crippen MR) is 60.4 cm³/mol. The zero-order chi connectivity index (χ0) is 11.0. The maximum absolute atomic E-state index is 5.07. The lowest BCUT2D eigenvalue weighted by Gasteiger charge is -2.05. The Morgan fingerprint density at radius 2 is 2.00 bits per heavy atom. The van der Waals surface area contributed by atoms with Gasteiger partial charge in [-0.2, -0.15) is 0 Å². The van der Waals surface area contributed by atoms with Crippen molar-refractivity contribution < 1.29 is 4.74 Å². The van der Waals surface area contributed by atoms with Gasteiger partial charge in [-0.3, -0.25) is 4.98 Å². The third-order valence-electron chi connectivity index (χ3n) is 1.96. The molecular formula is C12H21NO. The van der Waals surface area contributed by atoms with E-state index in [1.807, 2.05) is 27.0 Å². The van der Waals surface area contributed by atoms with Crippen LogP contribution < -0.4 is 0 Å². The number of aryl methyl sites for hydroxylation is 2. The van der Waals surface area contributed by atoms with Crippen LogP contribution in [0.4, 0.5) is 0 Å². The number of ether oxygens (including phenoxy) is 1. The smallest absolute Gasteiger partial charge is 0.0730 e. The number of pyridine rings is 1. The zero-order valence-electron chi connectivity index (χ0n) is 9.92. The van der Waals surface area contributed by atoms with Gasteiger partial charge < -0.3 is 4.74 Å². The fourth-order valence-corrected chi connectivity index (χ4v) is 1.12. The van der Waals surface area contributed by atoms with Gasteiger partial charge in [-0.1, -0.05) is 26.8 Å². The summed E-state index contributed by atoms with van der Waals surface area (Å²) in [6, 6.07) is 2.16. The lowest BCUT2D eigenvalue weighted by molar-refractivity contribution is 0.184. The van der Waals surface area contributed by atoms with Crippen LogP contribution in [-0.4, -0.2) is 12.1 Å². The molecule has 0 aromatic carbocycles. The van der Waals surface area contributed by atoms with Crippen molar-refractivity contribution in [1.82, 2.24) is 4.98 Å². The van der Waals surface area contributed by atoms with E-state index in [9.17, 15) is 0 Å². The lowest BCUT2D eigenvalue weighted by Crippen LogP contribution is -1.96. The number of hydrogen-bond acceptors (Lipinski definition) is 2. The molecule has 0 fully saturated rings. The number of methoxy groups -OCH3 is 1. The Labute approximate surface area is 87.3 Å². The number of aromatic nitrogens is 1. The van der Waals surface area contributed by atoms with E-state index in [2.05, 4.69) is 18.0 Å². The molecule has 0 saturated carbocycles. The SMILES string of the molecule is CC.CCc1cnc(C)c(COC)c1. The Morgan fingerprint density at radius 3 is 2.50 bits per heavy atom. The van der Waals surface area contributed by atoms with E-state index in [4.69, 9.17) is 4.74 Å². The molecule has 0 N–H and O–H groups in total. The number of rotatable bonds is 3. The highest BCUT2D eigenvalue weighted by Crippen LogP contribution is 2.09. The number of nitrogens with zero attached hydrogens (tertiary/aromatic N) is 1. The largest absolute Gasteiger partial charge is 0.380 e. The van der Waals surface area contributed by atoms with Gasteiger partial charge in [0.2, 0.25) is 0 Å². The van der Waals surface area contributed by atoms with Crippen LogP contribution in [0.5, 0.6) is 0 Å². The maximum Gasteiger partial charge on any atom is 0.0730 e. The van der Waals surface area contributed by atoms with Crippen LogP contribution in [0.3, 0.4) is 0 Å². The second-order valence-corrected chi connectivity index (χ2v) is 2.87. The zero-order valence-corrected chi connectivity index (χ0v) is 9.92. The average molecular weight is 195 g/mol. The van der Waals surface area contributed by atoms with E-state index in [1.165, 1.54) is 11.1 Å². The van der Waals surface area contributed by atoms with E-state index in [1.54, 1.807) is 7.11 Å². The van der Waals surface area contributed by atoms with Crippen molar-refractivity contribution in [2.24, 2.45) is 0 Å². The molecule has 0 aliphatic rings. The summed E-state index contributed by atoms with van der Waals surface area (Å²) in [5.41, 5.74) is 3.53. The molecular weight excluding hydrogens is 174 g/mol. The third-order valence-corrected chi connectivity index (χ3v) is 1.96. The molecule has 2 nitrogen and oxygen atoms in total. The van der Waals surface area contributed by atoms with Crippen LogP contribution in [-0.2, 0) is 17.8 Å². The van der Waals surface area contributed by atoms with E-state index < -0.39 is 0 Å². The van der Waals surface area contributed by atoms with Gasteiger partial charge >= 0.3 is 0 Å². The Morgan fingerprint density at radius 1 is 1.36 bits per heavy atom. The van der Waals surface area contributed by atoms with Gasteiger partial charge in [0.25, 0.3) is 0 Å². The van der Waals surface area contributed by atoms with E-state index in [0.717, 1.165) is 12.1 Å². The molecule has 0 saturated heterocycles. The van der Waals surface area contributed by atoms with Crippen molar-refractivity contribution in [3.8, 4) is 0 Å². The monoisotopic (exact) mass is 195 g/mol. The van der Waals surface area contributed by atoms with Crippen molar-refractivity contribution in [2.45, 2.75) is 40.7 Å². The lowest BCUT2D eigenvalue weighted by atomic mass is 10.1. The summed E-state index contributed by atoms with van der Waals surface area (Å²) < 4.78 is 5.07. The van der Waals surface area contributed by atoms with E-state index in [0.29, 0.717) is 6.61 Å². The summed E-state index contributed by atoms with van der Waals surface area (Å²) >= 11 is 0. The Kier molecular flexibility index (Phi) is 7.03. The fourth-order valence-electron chi connectivity index (χ4n) is 1.12. The fraction of sp³-hybridized carbons (Fsp3) is 0.583. The highest BCUT2D eigenvalue weighted by Gasteiger charge is 1.99. The Hall–Kier alpha value is -0.890. The molecule has 0 bridgehead atoms. The van der Waals surface area contributed by atoms with Gasteiger partial charge in [-0.05, 0) is 24.5 Å². The summed E-state index contributed by atoms with van der Waals surface area (Å²) in [5, 5.41) is 0. The van der Waals surface area contributed by atoms with Crippen molar-refractivity contribution in [3.05, 3.63) is 29.1 Å². The molecule has 1 aromatic heterocycles. The molecule has 14 heavy (non-hydrogen) atoms. The van der Waals surface area contributed by atoms with Crippen LogP contribution in [0.25, 0.3) is 0 Å². The minimum Gasteiger partial charge on any atom is -0.380 e. The highest BCUT2D eigenvalue weighted by atomic mass is 16.5. The highest BCUT2D eigenvalue weighted by molar-refractivity contribution is 5.23. The third kappa shape index (κ3) is 3.88. The van der Waals surface area contributed by atoms with Crippen molar-refractivity contribution in [2.75, 3.05) is 7.11 Å². The first-order valence-corrected chi connectivity index (χ1v) is 5.21. The topological polar surface area (TPSA) is 22.1 Å². The van der Waals surface area contributed by atoms with Gasteiger partial charge in [0, 0.05) is 19.0 Å². The normalized spacial score (nSPS) is 9.21. The summed E-state index contributed by atoms with van der Waals surface area (Å²) in [4.78, 5) is 4.29. The quantitative estimate of drug-likeness (QED) is 0.739. The first kappa shape index (κ1) is 13.1. The minimum absolute atomic E-state index is 0.659. The first-order chi connectivity index (χ1) is 6.77. The molecule has 0 radical (unpaired) electrons. The van der Waals surface area contributed by atoms with Crippen molar-refractivity contribution >= 4 is 0 Å². The molecule has 0 atom stereocenters. The molecule has 80 valence electrons. The molecule has 0 aliphatic heterocycles. The summed E-state index contributed by atoms with van der Waals surface area (Å²) in [6.07, 6.45) is 2.96. The Balaban J connectivity index is 0.000000791. The van der Waals surface area contributed by atoms with Gasteiger partial charge in [-0.25, -0.2) is 0 Å². The van der Waals surface area contributed by atoms with Crippen molar-refractivity contribution in [3.63, 3.8) is 0 Å². The van der Waals surface area contributed by atoms with Crippen LogP contribution in [0.15, 0.2) is 12.3 Å². The van der Waals surface area contributed by atoms with Crippen LogP contribution in [0.2, 0.25) is 0 Å². The molecule has 0 aliphatic carbocycles. The molecule has 1 heterocycles. The molecule has 1 rings (SSSR count).